The molecule has 1 heterocycles. The van der Waals surface area contributed by atoms with Gasteiger partial charge in [-0.05, 0) is 12.1 Å². The van der Waals surface area contributed by atoms with Gasteiger partial charge < -0.3 is 6.15 Å². The SMILES string of the molecule is [NH2-].[Pd].c1ccncc1. The molecule has 0 saturated carbocycles. The van der Waals surface area contributed by atoms with Gasteiger partial charge in [-0.1, -0.05) is 6.07 Å². The van der Waals surface area contributed by atoms with Crippen molar-refractivity contribution >= 4 is 0 Å². The van der Waals surface area contributed by atoms with E-state index < -0.39 is 0 Å². The van der Waals surface area contributed by atoms with Gasteiger partial charge >= 0.3 is 0 Å². The summed E-state index contributed by atoms with van der Waals surface area (Å²) in [6.07, 6.45) is 3.50. The minimum atomic E-state index is 0. The molecule has 0 bridgehead atoms. The van der Waals surface area contributed by atoms with E-state index in [4.69, 9.17) is 0 Å². The van der Waals surface area contributed by atoms with Crippen LogP contribution >= 0.6 is 0 Å². The van der Waals surface area contributed by atoms with E-state index in [0.29, 0.717) is 0 Å². The van der Waals surface area contributed by atoms with Crippen LogP contribution in [0.1, 0.15) is 0 Å². The fourth-order valence-corrected chi connectivity index (χ4v) is 0.313. The topological polar surface area (TPSA) is 46.4 Å². The molecule has 0 aromatic carbocycles. The Bertz CT molecular complexity index is 82.4. The van der Waals surface area contributed by atoms with E-state index in [9.17, 15) is 0 Å². The molecule has 3 heteroatoms. The second kappa shape index (κ2) is 6.77. The molecule has 0 aliphatic rings. The normalized spacial score (nSPS) is 6.00. The fourth-order valence-electron chi connectivity index (χ4n) is 0.313. The van der Waals surface area contributed by atoms with Crippen molar-refractivity contribution in [2.75, 3.05) is 0 Å². The number of rotatable bonds is 0. The molecule has 0 saturated heterocycles. The van der Waals surface area contributed by atoms with Crippen LogP contribution in [0.5, 0.6) is 0 Å². The second-order valence-corrected chi connectivity index (χ2v) is 1.02. The average Bonchev–Trinajstić information content (AvgIpc) is 1.72. The Morgan fingerprint density at radius 2 is 1.38 bits per heavy atom. The molecule has 0 radical (unpaired) electrons. The van der Waals surface area contributed by atoms with Gasteiger partial charge in [0.1, 0.15) is 0 Å². The molecule has 0 atom stereocenters. The van der Waals surface area contributed by atoms with Crippen LogP contribution in [0.3, 0.4) is 0 Å². The van der Waals surface area contributed by atoms with Crippen molar-refractivity contribution in [3.05, 3.63) is 36.7 Å². The third-order valence-electron chi connectivity index (χ3n) is 0.566. The van der Waals surface area contributed by atoms with Crippen LogP contribution in [0, 0.1) is 0 Å². The molecule has 1 aromatic rings. The van der Waals surface area contributed by atoms with Crippen LogP contribution in [-0.2, 0) is 20.4 Å². The van der Waals surface area contributed by atoms with Gasteiger partial charge in [-0.2, -0.15) is 0 Å². The van der Waals surface area contributed by atoms with Crippen LogP contribution in [-0.4, -0.2) is 4.98 Å². The third-order valence-corrected chi connectivity index (χ3v) is 0.566. The molecule has 2 nitrogen and oxygen atoms in total. The number of hydrogen-bond donors (Lipinski definition) is 0. The number of nitrogens with zero attached hydrogens (tertiary/aromatic N) is 1. The maximum Gasteiger partial charge on any atom is 0.0267 e. The zero-order chi connectivity index (χ0) is 4.24. The predicted octanol–water partition coefficient (Wildman–Crippen LogP) is 1.80. The van der Waals surface area contributed by atoms with Gasteiger partial charge in [0.2, 0.25) is 0 Å². The average molecular weight is 202 g/mol. The first-order valence-electron chi connectivity index (χ1n) is 1.85. The van der Waals surface area contributed by atoms with Crippen molar-refractivity contribution in [2.24, 2.45) is 0 Å². The molecular weight excluding hydrogens is 194 g/mol. The summed E-state index contributed by atoms with van der Waals surface area (Å²) in [5, 5.41) is 0. The number of nitrogens with two attached hydrogens (primary N) is 1. The minimum Gasteiger partial charge on any atom is -0.693 e. The number of pyridine rings is 1. The van der Waals surface area contributed by atoms with Gasteiger partial charge in [0.15, 0.2) is 0 Å². The molecule has 0 fully saturated rings. The Kier molecular flexibility index (Phi) is 9.06. The molecule has 0 aliphatic heterocycles. The summed E-state index contributed by atoms with van der Waals surface area (Å²) in [5.74, 6) is 0. The van der Waals surface area contributed by atoms with Crippen molar-refractivity contribution in [2.45, 2.75) is 0 Å². The van der Waals surface area contributed by atoms with Gasteiger partial charge in [0, 0.05) is 32.8 Å². The largest absolute Gasteiger partial charge is 0.693 e. The van der Waals surface area contributed by atoms with Gasteiger partial charge in [-0.25, -0.2) is 0 Å². The van der Waals surface area contributed by atoms with Gasteiger partial charge in [0.05, 0.1) is 0 Å². The smallest absolute Gasteiger partial charge is 0.0267 e. The summed E-state index contributed by atoms with van der Waals surface area (Å²) in [7, 11) is 0. The summed E-state index contributed by atoms with van der Waals surface area (Å²) >= 11 is 0. The fraction of sp³-hybridized carbons (Fsp3) is 0. The van der Waals surface area contributed by atoms with Crippen molar-refractivity contribution in [3.8, 4) is 0 Å². The quantitative estimate of drug-likeness (QED) is 0.591. The molecule has 8 heavy (non-hydrogen) atoms. The first-order valence-corrected chi connectivity index (χ1v) is 1.85. The Balaban J connectivity index is 0. The van der Waals surface area contributed by atoms with E-state index in [2.05, 4.69) is 4.98 Å². The van der Waals surface area contributed by atoms with Crippen LogP contribution in [0.2, 0.25) is 0 Å². The first kappa shape index (κ1) is 10.7. The number of hydrogen-bond acceptors (Lipinski definition) is 1. The molecule has 48 valence electrons. The molecule has 1 rings (SSSR count). The first-order chi connectivity index (χ1) is 3.00. The van der Waals surface area contributed by atoms with Crippen LogP contribution in [0.15, 0.2) is 30.6 Å². The van der Waals surface area contributed by atoms with E-state index in [0.717, 1.165) is 0 Å². The maximum absolute atomic E-state index is 3.78. The third kappa shape index (κ3) is 3.95. The summed E-state index contributed by atoms with van der Waals surface area (Å²) in [5.41, 5.74) is 0. The predicted molar refractivity (Wildman–Crippen MR) is 29.5 cm³/mol. The zero-order valence-electron chi connectivity index (χ0n) is 4.23. The molecule has 2 N–H and O–H groups in total. The Labute approximate surface area is 62.6 Å². The molecular formula is C5H7N2Pd-. The van der Waals surface area contributed by atoms with E-state index in [1.807, 2.05) is 18.2 Å². The summed E-state index contributed by atoms with van der Waals surface area (Å²) in [4.78, 5) is 3.78. The van der Waals surface area contributed by atoms with Crippen LogP contribution in [0.25, 0.3) is 6.15 Å². The van der Waals surface area contributed by atoms with Crippen molar-refractivity contribution in [3.63, 3.8) is 0 Å². The number of aromatic nitrogens is 1. The Hall–Kier alpha value is -0.228. The van der Waals surface area contributed by atoms with Gasteiger partial charge in [-0.3, -0.25) is 4.98 Å². The molecule has 0 aliphatic carbocycles. The van der Waals surface area contributed by atoms with E-state index in [1.54, 1.807) is 12.4 Å². The standard InChI is InChI=1S/C5H5N.H2N.Pd/c1-2-4-6-5-3-1;;/h1-5H;1H2;/q;-1;. The summed E-state index contributed by atoms with van der Waals surface area (Å²) in [6.45, 7) is 0. The second-order valence-electron chi connectivity index (χ2n) is 1.02. The van der Waals surface area contributed by atoms with Crippen LogP contribution < -0.4 is 0 Å². The Morgan fingerprint density at radius 3 is 1.50 bits per heavy atom. The molecule has 0 spiro atoms. The van der Waals surface area contributed by atoms with E-state index >= 15 is 0 Å². The monoisotopic (exact) mass is 201 g/mol. The van der Waals surface area contributed by atoms with E-state index in [-0.39, 0.29) is 26.6 Å². The van der Waals surface area contributed by atoms with Crippen LogP contribution in [0.4, 0.5) is 0 Å². The Morgan fingerprint density at radius 1 is 0.875 bits per heavy atom. The van der Waals surface area contributed by atoms with Gasteiger partial charge in [-0.15, -0.1) is 0 Å². The van der Waals surface area contributed by atoms with Gasteiger partial charge in [0.25, 0.3) is 0 Å². The zero-order valence-corrected chi connectivity index (χ0v) is 5.78. The van der Waals surface area contributed by atoms with Crippen molar-refractivity contribution in [1.82, 2.24) is 4.98 Å². The molecule has 1 aromatic heterocycles. The van der Waals surface area contributed by atoms with Crippen molar-refractivity contribution in [1.29, 1.82) is 0 Å². The van der Waals surface area contributed by atoms with Crippen molar-refractivity contribution < 1.29 is 20.4 Å². The minimum absolute atomic E-state index is 0. The summed E-state index contributed by atoms with van der Waals surface area (Å²) in [6, 6.07) is 5.72. The summed E-state index contributed by atoms with van der Waals surface area (Å²) < 4.78 is 0. The molecule has 0 amide bonds. The molecule has 0 unspecified atom stereocenters. The maximum atomic E-state index is 3.78. The van der Waals surface area contributed by atoms with E-state index in [1.165, 1.54) is 0 Å².